The predicted molar refractivity (Wildman–Crippen MR) is 112 cm³/mol. The predicted octanol–water partition coefficient (Wildman–Crippen LogP) is 4.33. The van der Waals surface area contributed by atoms with E-state index < -0.39 is 0 Å². The highest BCUT2D eigenvalue weighted by Gasteiger charge is 2.23. The molecule has 0 aromatic heterocycles. The second-order valence-electron chi connectivity index (χ2n) is 7.08. The van der Waals surface area contributed by atoms with E-state index in [2.05, 4.69) is 79.3 Å². The first-order valence-corrected chi connectivity index (χ1v) is 9.20. The van der Waals surface area contributed by atoms with Crippen LogP contribution in [0.5, 0.6) is 11.5 Å². The molecule has 3 aromatic rings. The maximum atomic E-state index is 10.3. The number of phenolic OH excluding ortho intramolecular Hbond substituents is 2. The molecule has 4 N–H and O–H groups in total. The van der Waals surface area contributed by atoms with Crippen molar-refractivity contribution < 1.29 is 10.2 Å². The maximum absolute atomic E-state index is 10.3. The summed E-state index contributed by atoms with van der Waals surface area (Å²) in [6, 6.07) is 21.1. The minimum Gasteiger partial charge on any atom is -0.508 e. The molecule has 0 aliphatic carbocycles. The molecule has 0 amide bonds. The normalized spacial score (nSPS) is 16.4. The van der Waals surface area contributed by atoms with Gasteiger partial charge in [-0.2, -0.15) is 0 Å². The zero-order valence-electron chi connectivity index (χ0n) is 15.8. The summed E-state index contributed by atoms with van der Waals surface area (Å²) in [6.45, 7) is 4.12. The Morgan fingerprint density at radius 1 is 0.821 bits per heavy atom. The van der Waals surface area contributed by atoms with Crippen LogP contribution in [0.2, 0.25) is 0 Å². The van der Waals surface area contributed by atoms with Gasteiger partial charge in [0.15, 0.2) is 0 Å². The summed E-state index contributed by atoms with van der Waals surface area (Å²) in [5, 5.41) is 21.6. The second kappa shape index (κ2) is 7.29. The Hall–Kier alpha value is -3.44. The summed E-state index contributed by atoms with van der Waals surface area (Å²) < 4.78 is 0. The van der Waals surface area contributed by atoms with E-state index in [4.69, 9.17) is 0 Å². The van der Waals surface area contributed by atoms with Crippen molar-refractivity contribution in [2.45, 2.75) is 19.9 Å². The average molecular weight is 373 g/mol. The maximum Gasteiger partial charge on any atom is 0.146 e. The smallest absolute Gasteiger partial charge is 0.146 e. The molecule has 142 valence electrons. The van der Waals surface area contributed by atoms with Gasteiger partial charge in [0.2, 0.25) is 0 Å². The molecule has 1 aliphatic rings. The fourth-order valence-electron chi connectivity index (χ4n) is 3.20. The number of benzene rings is 3. The van der Waals surface area contributed by atoms with Gasteiger partial charge in [0.05, 0.1) is 11.7 Å². The molecule has 5 heteroatoms. The Balaban J connectivity index is 1.75. The Morgan fingerprint density at radius 2 is 1.46 bits per heavy atom. The van der Waals surface area contributed by atoms with E-state index in [1.807, 2.05) is 0 Å². The Kier molecular flexibility index (Phi) is 4.67. The van der Waals surface area contributed by atoms with Gasteiger partial charge < -0.3 is 10.2 Å². The van der Waals surface area contributed by atoms with Crippen molar-refractivity contribution in [1.29, 1.82) is 0 Å². The van der Waals surface area contributed by atoms with Crippen LogP contribution in [0, 0.1) is 13.8 Å². The van der Waals surface area contributed by atoms with Crippen LogP contribution in [-0.4, -0.2) is 10.2 Å². The van der Waals surface area contributed by atoms with Crippen molar-refractivity contribution >= 4 is 11.4 Å². The molecule has 4 rings (SSSR count). The van der Waals surface area contributed by atoms with Gasteiger partial charge in [-0.15, -0.1) is 0 Å². The van der Waals surface area contributed by atoms with Gasteiger partial charge in [0, 0.05) is 6.07 Å². The standard InChI is InChI=1S/C23H23N3O2/c1-15-3-7-17(8-4-15)20-14-21(18-9-5-16(2)6-10-18)25-26(24-20)22-12-11-19(27)13-23(22)28/h3-14,20,24-25,27-28H,1-2H3. The highest BCUT2D eigenvalue weighted by atomic mass is 16.3. The molecule has 3 aromatic carbocycles. The molecule has 0 spiro atoms. The third-order valence-electron chi connectivity index (χ3n) is 4.83. The average Bonchev–Trinajstić information content (AvgIpc) is 2.69. The molecule has 1 atom stereocenters. The molecule has 0 saturated heterocycles. The van der Waals surface area contributed by atoms with Crippen molar-refractivity contribution in [3.63, 3.8) is 0 Å². The lowest BCUT2D eigenvalue weighted by Gasteiger charge is -2.36. The monoisotopic (exact) mass is 373 g/mol. The van der Waals surface area contributed by atoms with Crippen molar-refractivity contribution in [3.8, 4) is 11.5 Å². The summed E-state index contributed by atoms with van der Waals surface area (Å²) in [5.41, 5.74) is 12.7. The molecule has 0 bridgehead atoms. The number of phenols is 2. The number of aromatic hydroxyl groups is 2. The Morgan fingerprint density at radius 3 is 2.11 bits per heavy atom. The third kappa shape index (κ3) is 3.66. The summed E-state index contributed by atoms with van der Waals surface area (Å²) in [5.74, 6) is -0.00421. The lowest BCUT2D eigenvalue weighted by Crippen LogP contribution is -2.52. The van der Waals surface area contributed by atoms with Crippen LogP contribution < -0.4 is 16.0 Å². The van der Waals surface area contributed by atoms with Crippen LogP contribution in [0.4, 0.5) is 5.69 Å². The largest absolute Gasteiger partial charge is 0.508 e. The summed E-state index contributed by atoms with van der Waals surface area (Å²) >= 11 is 0. The molecule has 1 unspecified atom stereocenters. The SMILES string of the molecule is Cc1ccc(C2=CC(c3ccc(C)cc3)NN(c3ccc(O)cc3O)N2)cc1. The van der Waals surface area contributed by atoms with E-state index in [-0.39, 0.29) is 17.5 Å². The van der Waals surface area contributed by atoms with Crippen LogP contribution in [-0.2, 0) is 0 Å². The fourth-order valence-corrected chi connectivity index (χ4v) is 3.20. The first kappa shape index (κ1) is 17.9. The molecule has 28 heavy (non-hydrogen) atoms. The Labute approximate surface area is 164 Å². The first-order valence-electron chi connectivity index (χ1n) is 9.20. The zero-order valence-corrected chi connectivity index (χ0v) is 15.8. The molecule has 0 radical (unpaired) electrons. The molecule has 1 aliphatic heterocycles. The number of nitrogens with one attached hydrogen (secondary N) is 2. The molecule has 0 saturated carbocycles. The zero-order chi connectivity index (χ0) is 19.7. The van der Waals surface area contributed by atoms with Crippen LogP contribution >= 0.6 is 0 Å². The van der Waals surface area contributed by atoms with Crippen molar-refractivity contribution in [2.24, 2.45) is 0 Å². The first-order chi connectivity index (χ1) is 13.5. The van der Waals surface area contributed by atoms with Gasteiger partial charge >= 0.3 is 0 Å². The van der Waals surface area contributed by atoms with E-state index in [0.717, 1.165) is 16.8 Å². The third-order valence-corrected chi connectivity index (χ3v) is 4.83. The van der Waals surface area contributed by atoms with Gasteiger partial charge in [-0.1, -0.05) is 59.7 Å². The van der Waals surface area contributed by atoms with Gasteiger partial charge in [-0.25, -0.2) is 10.5 Å². The Bertz CT molecular complexity index is 1010. The van der Waals surface area contributed by atoms with Crippen molar-refractivity contribution in [1.82, 2.24) is 10.9 Å². The molecule has 1 heterocycles. The number of anilines is 1. The number of hydrazine groups is 2. The van der Waals surface area contributed by atoms with Crippen molar-refractivity contribution in [2.75, 3.05) is 5.12 Å². The van der Waals surface area contributed by atoms with Gasteiger partial charge in [0.1, 0.15) is 17.2 Å². The number of rotatable bonds is 3. The van der Waals surface area contributed by atoms with Gasteiger partial charge in [-0.3, -0.25) is 5.43 Å². The van der Waals surface area contributed by atoms with E-state index in [9.17, 15) is 10.2 Å². The number of aryl methyl sites for hydroxylation is 2. The number of hydrogen-bond donors (Lipinski definition) is 4. The second-order valence-corrected chi connectivity index (χ2v) is 7.08. The van der Waals surface area contributed by atoms with Gasteiger partial charge in [0.25, 0.3) is 0 Å². The van der Waals surface area contributed by atoms with E-state index in [0.29, 0.717) is 5.69 Å². The summed E-state index contributed by atoms with van der Waals surface area (Å²) in [6.07, 6.45) is 2.13. The van der Waals surface area contributed by atoms with Crippen LogP contribution in [0.3, 0.4) is 0 Å². The number of hydrogen-bond acceptors (Lipinski definition) is 5. The molecule has 5 nitrogen and oxygen atoms in total. The minimum atomic E-state index is -0.0913. The highest BCUT2D eigenvalue weighted by Crippen LogP contribution is 2.33. The van der Waals surface area contributed by atoms with E-state index in [1.165, 1.54) is 17.2 Å². The lowest BCUT2D eigenvalue weighted by molar-refractivity contribution is 0.441. The fraction of sp³-hybridized carbons (Fsp3) is 0.130. The van der Waals surface area contributed by atoms with E-state index in [1.54, 1.807) is 17.3 Å². The van der Waals surface area contributed by atoms with Crippen molar-refractivity contribution in [3.05, 3.63) is 95.1 Å². The summed E-state index contributed by atoms with van der Waals surface area (Å²) in [7, 11) is 0. The minimum absolute atomic E-state index is 0.0163. The van der Waals surface area contributed by atoms with Gasteiger partial charge in [-0.05, 0) is 43.2 Å². The van der Waals surface area contributed by atoms with Crippen LogP contribution in [0.15, 0.2) is 72.8 Å². The highest BCUT2D eigenvalue weighted by molar-refractivity contribution is 5.70. The van der Waals surface area contributed by atoms with Crippen LogP contribution in [0.1, 0.15) is 28.3 Å². The topological polar surface area (TPSA) is 67.8 Å². The van der Waals surface area contributed by atoms with Crippen LogP contribution in [0.25, 0.3) is 5.70 Å². The number of nitrogens with zero attached hydrogens (tertiary/aromatic N) is 1. The lowest BCUT2D eigenvalue weighted by atomic mass is 10.0. The molecule has 0 fully saturated rings. The molecular formula is C23H23N3O2. The van der Waals surface area contributed by atoms with E-state index >= 15 is 0 Å². The quantitative estimate of drug-likeness (QED) is 0.550. The molecular weight excluding hydrogens is 350 g/mol. The summed E-state index contributed by atoms with van der Waals surface area (Å²) in [4.78, 5) is 0.